The van der Waals surface area contributed by atoms with Gasteiger partial charge in [-0.15, -0.1) is 0 Å². The molecule has 136 valence electrons. The first-order valence-electron chi connectivity index (χ1n) is 8.78. The molecule has 0 fully saturated rings. The third-order valence-corrected chi connectivity index (χ3v) is 5.14. The summed E-state index contributed by atoms with van der Waals surface area (Å²) in [4.78, 5) is 15.7. The lowest BCUT2D eigenvalue weighted by atomic mass is 10.1. The fourth-order valence-corrected chi connectivity index (χ4v) is 3.77. The zero-order valence-electron chi connectivity index (χ0n) is 14.6. The van der Waals surface area contributed by atoms with Gasteiger partial charge in [-0.1, -0.05) is 54.2 Å². The Morgan fingerprint density at radius 2 is 1.85 bits per heavy atom. The Balaban J connectivity index is 1.45. The molecule has 26 heavy (non-hydrogen) atoms. The Bertz CT molecular complexity index is 849. The van der Waals surface area contributed by atoms with Gasteiger partial charge in [-0.25, -0.2) is 4.98 Å². The third kappa shape index (κ3) is 5.09. The van der Waals surface area contributed by atoms with Crippen LogP contribution in [0.5, 0.6) is 0 Å². The molecule has 0 bridgehead atoms. The monoisotopic (exact) mass is 369 g/mol. The van der Waals surface area contributed by atoms with Gasteiger partial charge in [0.05, 0.1) is 11.0 Å². The number of carboxylic acids is 1. The maximum Gasteiger partial charge on any atom is 0.323 e. The highest BCUT2D eigenvalue weighted by Crippen LogP contribution is 2.24. The normalized spacial score (nSPS) is 11.1. The van der Waals surface area contributed by atoms with Crippen molar-refractivity contribution in [3.8, 4) is 0 Å². The van der Waals surface area contributed by atoms with Gasteiger partial charge in [0.1, 0.15) is 6.54 Å². The number of nitrogens with one attached hydrogen (secondary N) is 1. The lowest BCUT2D eigenvalue weighted by Crippen LogP contribution is -2.19. The van der Waals surface area contributed by atoms with Crippen LogP contribution in [0.15, 0.2) is 59.8 Å². The van der Waals surface area contributed by atoms with Crippen LogP contribution < -0.4 is 5.32 Å². The molecule has 6 heteroatoms. The number of imidazole rings is 1. The quantitative estimate of drug-likeness (QED) is 0.423. The predicted molar refractivity (Wildman–Crippen MR) is 106 cm³/mol. The Morgan fingerprint density at radius 1 is 1.08 bits per heavy atom. The molecule has 2 aromatic carbocycles. The van der Waals surface area contributed by atoms with Crippen LogP contribution in [0, 0.1) is 0 Å². The highest BCUT2D eigenvalue weighted by Gasteiger charge is 2.13. The standard InChI is InChI=1S/C20H23N3O2S/c24-19(25)15-23-18-10-5-4-9-17(18)22-20(23)26-14-6-12-21-13-11-16-7-2-1-3-8-16/h1-5,7-10,21H,6,11-15H2,(H,24,25). The number of carbonyl (C=O) groups is 1. The number of para-hydroxylation sites is 2. The summed E-state index contributed by atoms with van der Waals surface area (Å²) < 4.78 is 1.78. The molecule has 3 rings (SSSR count). The van der Waals surface area contributed by atoms with Gasteiger partial charge in [-0.2, -0.15) is 0 Å². The van der Waals surface area contributed by atoms with Crippen molar-refractivity contribution < 1.29 is 9.90 Å². The van der Waals surface area contributed by atoms with Crippen molar-refractivity contribution in [2.45, 2.75) is 24.5 Å². The molecule has 0 aliphatic heterocycles. The van der Waals surface area contributed by atoms with Crippen LogP contribution in [-0.4, -0.2) is 39.5 Å². The highest BCUT2D eigenvalue weighted by molar-refractivity contribution is 7.99. The number of benzene rings is 2. The summed E-state index contributed by atoms with van der Waals surface area (Å²) in [5.74, 6) is 0.0546. The van der Waals surface area contributed by atoms with Gasteiger partial charge >= 0.3 is 5.97 Å². The van der Waals surface area contributed by atoms with E-state index >= 15 is 0 Å². The molecule has 0 atom stereocenters. The Kier molecular flexibility index (Phi) is 6.68. The molecule has 0 saturated carbocycles. The Morgan fingerprint density at radius 3 is 2.65 bits per heavy atom. The first kappa shape index (κ1) is 18.5. The molecule has 0 saturated heterocycles. The first-order chi connectivity index (χ1) is 12.7. The number of hydrogen-bond acceptors (Lipinski definition) is 4. The van der Waals surface area contributed by atoms with Crippen LogP contribution in [0.1, 0.15) is 12.0 Å². The van der Waals surface area contributed by atoms with E-state index in [1.165, 1.54) is 5.56 Å². The second-order valence-electron chi connectivity index (χ2n) is 6.05. The number of hydrogen-bond donors (Lipinski definition) is 2. The molecule has 0 amide bonds. The van der Waals surface area contributed by atoms with E-state index in [0.29, 0.717) is 0 Å². The summed E-state index contributed by atoms with van der Waals surface area (Å²) in [5, 5.41) is 13.4. The number of rotatable bonds is 10. The maximum absolute atomic E-state index is 11.2. The topological polar surface area (TPSA) is 67.2 Å². The average Bonchev–Trinajstić information content (AvgIpc) is 2.99. The number of nitrogens with zero attached hydrogens (tertiary/aromatic N) is 2. The molecule has 1 aromatic heterocycles. The third-order valence-electron chi connectivity index (χ3n) is 4.08. The second kappa shape index (κ2) is 9.40. The minimum atomic E-state index is -0.849. The zero-order valence-corrected chi connectivity index (χ0v) is 15.4. The number of fused-ring (bicyclic) bond motifs is 1. The molecule has 1 heterocycles. The first-order valence-corrected chi connectivity index (χ1v) is 9.77. The summed E-state index contributed by atoms with van der Waals surface area (Å²) in [5.41, 5.74) is 3.06. The smallest absolute Gasteiger partial charge is 0.323 e. The van der Waals surface area contributed by atoms with E-state index in [0.717, 1.165) is 47.9 Å². The van der Waals surface area contributed by atoms with Gasteiger partial charge < -0.3 is 15.0 Å². The Hall–Kier alpha value is -2.31. The molecule has 0 aliphatic rings. The van der Waals surface area contributed by atoms with E-state index in [4.69, 9.17) is 5.11 Å². The van der Waals surface area contributed by atoms with Gasteiger partial charge in [-0.05, 0) is 43.6 Å². The van der Waals surface area contributed by atoms with E-state index in [2.05, 4.69) is 34.6 Å². The van der Waals surface area contributed by atoms with E-state index in [9.17, 15) is 4.79 Å². The Labute approximate surface area is 157 Å². The van der Waals surface area contributed by atoms with Crippen LogP contribution in [0.4, 0.5) is 0 Å². The highest BCUT2D eigenvalue weighted by atomic mass is 32.2. The molecule has 0 radical (unpaired) electrons. The summed E-state index contributed by atoms with van der Waals surface area (Å²) in [6.45, 7) is 1.85. The number of thioether (sulfide) groups is 1. The van der Waals surface area contributed by atoms with Crippen LogP contribution in [-0.2, 0) is 17.8 Å². The summed E-state index contributed by atoms with van der Waals surface area (Å²) in [7, 11) is 0. The number of aromatic nitrogens is 2. The molecule has 3 aromatic rings. The molecular weight excluding hydrogens is 346 g/mol. The fourth-order valence-electron chi connectivity index (χ4n) is 2.81. The molecule has 0 aliphatic carbocycles. The van der Waals surface area contributed by atoms with E-state index < -0.39 is 5.97 Å². The lowest BCUT2D eigenvalue weighted by Gasteiger charge is -2.07. The van der Waals surface area contributed by atoms with Crippen molar-refractivity contribution in [3.05, 3.63) is 60.2 Å². The molecule has 0 unspecified atom stereocenters. The molecule has 5 nitrogen and oxygen atoms in total. The molecular formula is C20H23N3O2S. The van der Waals surface area contributed by atoms with Crippen molar-refractivity contribution in [2.24, 2.45) is 0 Å². The van der Waals surface area contributed by atoms with E-state index in [1.54, 1.807) is 16.3 Å². The number of carboxylic acid groups (broad SMARTS) is 1. The van der Waals surface area contributed by atoms with Crippen molar-refractivity contribution in [3.63, 3.8) is 0 Å². The number of aliphatic carboxylic acids is 1. The van der Waals surface area contributed by atoms with Crippen molar-refractivity contribution in [1.82, 2.24) is 14.9 Å². The fraction of sp³-hybridized carbons (Fsp3) is 0.300. The van der Waals surface area contributed by atoms with Gasteiger partial charge in [0.25, 0.3) is 0 Å². The second-order valence-corrected chi connectivity index (χ2v) is 7.11. The van der Waals surface area contributed by atoms with E-state index in [1.807, 2.05) is 30.3 Å². The van der Waals surface area contributed by atoms with Crippen molar-refractivity contribution in [1.29, 1.82) is 0 Å². The summed E-state index contributed by atoms with van der Waals surface area (Å²) in [6, 6.07) is 18.1. The van der Waals surface area contributed by atoms with Crippen LogP contribution in [0.25, 0.3) is 11.0 Å². The summed E-state index contributed by atoms with van der Waals surface area (Å²) in [6.07, 6.45) is 2.04. The van der Waals surface area contributed by atoms with Gasteiger partial charge in [-0.3, -0.25) is 4.79 Å². The molecule has 0 spiro atoms. The largest absolute Gasteiger partial charge is 0.480 e. The van der Waals surface area contributed by atoms with Crippen molar-refractivity contribution >= 4 is 28.8 Å². The van der Waals surface area contributed by atoms with Gasteiger partial charge in [0.2, 0.25) is 0 Å². The van der Waals surface area contributed by atoms with Crippen LogP contribution in [0.2, 0.25) is 0 Å². The minimum Gasteiger partial charge on any atom is -0.480 e. The lowest BCUT2D eigenvalue weighted by molar-refractivity contribution is -0.137. The molecule has 2 N–H and O–H groups in total. The van der Waals surface area contributed by atoms with Gasteiger partial charge in [0.15, 0.2) is 5.16 Å². The SMILES string of the molecule is O=C(O)Cn1c(SCCCNCCc2ccccc2)nc2ccccc21. The zero-order chi connectivity index (χ0) is 18.2. The average molecular weight is 369 g/mol. The van der Waals surface area contributed by atoms with Crippen LogP contribution in [0.3, 0.4) is 0 Å². The summed E-state index contributed by atoms with van der Waals surface area (Å²) >= 11 is 1.62. The van der Waals surface area contributed by atoms with Crippen LogP contribution >= 0.6 is 11.8 Å². The minimum absolute atomic E-state index is 0.0574. The van der Waals surface area contributed by atoms with E-state index in [-0.39, 0.29) is 6.54 Å². The van der Waals surface area contributed by atoms with Gasteiger partial charge in [0, 0.05) is 5.75 Å². The maximum atomic E-state index is 11.2. The predicted octanol–water partition coefficient (Wildman–Crippen LogP) is 3.44. The van der Waals surface area contributed by atoms with Crippen molar-refractivity contribution in [2.75, 3.05) is 18.8 Å².